The Bertz CT molecular complexity index is 877. The van der Waals surface area contributed by atoms with Crippen LogP contribution in [-0.4, -0.2) is 61.5 Å². The summed E-state index contributed by atoms with van der Waals surface area (Å²) in [5.41, 5.74) is 0.705. The first-order valence-corrected chi connectivity index (χ1v) is 10.6. The smallest absolute Gasteiger partial charge is 0.309 e. The molecule has 0 bridgehead atoms. The number of ether oxygens (including phenoxy) is 1. The van der Waals surface area contributed by atoms with Gasteiger partial charge in [-0.25, -0.2) is 0 Å². The normalized spacial score (nSPS) is 19.7. The fourth-order valence-corrected chi connectivity index (χ4v) is 3.99. The van der Waals surface area contributed by atoms with E-state index in [4.69, 9.17) is 9.15 Å². The zero-order valence-corrected chi connectivity index (χ0v) is 16.9. The van der Waals surface area contributed by atoms with Crippen LogP contribution in [0.25, 0.3) is 11.0 Å². The zero-order chi connectivity index (χ0) is 20.9. The van der Waals surface area contributed by atoms with Gasteiger partial charge in [0.15, 0.2) is 5.76 Å². The van der Waals surface area contributed by atoms with Crippen molar-refractivity contribution in [1.29, 1.82) is 0 Å². The maximum Gasteiger partial charge on any atom is 0.309 e. The molecule has 30 heavy (non-hydrogen) atoms. The van der Waals surface area contributed by atoms with Crippen molar-refractivity contribution in [1.82, 2.24) is 15.5 Å². The first-order valence-electron chi connectivity index (χ1n) is 10.6. The average molecular weight is 413 g/mol. The van der Waals surface area contributed by atoms with Crippen LogP contribution in [0, 0.1) is 5.92 Å². The van der Waals surface area contributed by atoms with Crippen LogP contribution in [0.3, 0.4) is 0 Å². The van der Waals surface area contributed by atoms with E-state index in [2.05, 4.69) is 10.6 Å². The lowest BCUT2D eigenvalue weighted by molar-refractivity contribution is -0.139. The highest BCUT2D eigenvalue weighted by atomic mass is 16.5. The first kappa shape index (κ1) is 20.4. The molecule has 2 N–H and O–H groups in total. The maximum atomic E-state index is 12.7. The number of hydrogen-bond donors (Lipinski definition) is 2. The Kier molecular flexibility index (Phi) is 6.32. The van der Waals surface area contributed by atoms with Crippen LogP contribution in [-0.2, 0) is 14.3 Å². The molecule has 2 aliphatic rings. The highest BCUT2D eigenvalue weighted by molar-refractivity contribution is 6.35. The van der Waals surface area contributed by atoms with Gasteiger partial charge < -0.3 is 24.7 Å². The molecule has 3 heterocycles. The van der Waals surface area contributed by atoms with Gasteiger partial charge in [0.05, 0.1) is 6.10 Å². The van der Waals surface area contributed by atoms with Gasteiger partial charge in [-0.15, -0.1) is 0 Å². The van der Waals surface area contributed by atoms with Crippen LogP contribution in [0.2, 0.25) is 0 Å². The number of nitrogens with zero attached hydrogens (tertiary/aromatic N) is 1. The maximum absolute atomic E-state index is 12.7. The molecule has 0 unspecified atom stereocenters. The lowest BCUT2D eigenvalue weighted by Crippen LogP contribution is -2.46. The predicted octanol–water partition coefficient (Wildman–Crippen LogP) is 1.70. The van der Waals surface area contributed by atoms with Gasteiger partial charge in [0.2, 0.25) is 0 Å². The minimum Gasteiger partial charge on any atom is -0.451 e. The third-order valence-corrected chi connectivity index (χ3v) is 5.81. The van der Waals surface area contributed by atoms with E-state index in [-0.39, 0.29) is 17.9 Å². The molecule has 2 saturated heterocycles. The highest BCUT2D eigenvalue weighted by Gasteiger charge is 2.26. The molecule has 1 aromatic heterocycles. The molecular formula is C22H27N3O5. The van der Waals surface area contributed by atoms with Crippen LogP contribution in [0.4, 0.5) is 0 Å². The van der Waals surface area contributed by atoms with Gasteiger partial charge >= 0.3 is 11.8 Å². The van der Waals surface area contributed by atoms with E-state index in [9.17, 15) is 14.4 Å². The van der Waals surface area contributed by atoms with Crippen molar-refractivity contribution in [3.63, 3.8) is 0 Å². The van der Waals surface area contributed by atoms with Crippen molar-refractivity contribution in [2.75, 3.05) is 32.8 Å². The standard InChI is InChI=1S/C22H27N3O5/c26-20(21(27)24-14-17-5-3-11-29-17)23-13-15-7-9-25(10-8-15)22(28)19-12-16-4-1-2-6-18(16)30-19/h1-2,4,6,12,15,17H,3,5,7-11,13-14H2,(H,23,26)(H,24,27)/t17-/m1/s1. The molecule has 3 amide bonds. The fraction of sp³-hybridized carbons (Fsp3) is 0.500. The Labute approximate surface area is 174 Å². The molecule has 1 atom stereocenters. The third kappa shape index (κ3) is 4.81. The molecule has 0 spiro atoms. The van der Waals surface area contributed by atoms with Crippen molar-refractivity contribution < 1.29 is 23.5 Å². The first-order chi connectivity index (χ1) is 14.6. The lowest BCUT2D eigenvalue weighted by atomic mass is 9.96. The van der Waals surface area contributed by atoms with E-state index >= 15 is 0 Å². The van der Waals surface area contributed by atoms with Crippen LogP contribution in [0.15, 0.2) is 34.7 Å². The molecule has 4 rings (SSSR count). The van der Waals surface area contributed by atoms with Crippen molar-refractivity contribution in [3.05, 3.63) is 36.1 Å². The van der Waals surface area contributed by atoms with E-state index in [0.29, 0.717) is 44.1 Å². The molecule has 0 saturated carbocycles. The molecular weight excluding hydrogens is 386 g/mol. The number of amides is 3. The zero-order valence-electron chi connectivity index (χ0n) is 16.9. The minimum absolute atomic E-state index is 0.00960. The van der Waals surface area contributed by atoms with E-state index in [1.807, 2.05) is 24.3 Å². The summed E-state index contributed by atoms with van der Waals surface area (Å²) in [7, 11) is 0. The number of fused-ring (bicyclic) bond motifs is 1. The Morgan fingerprint density at radius 3 is 2.43 bits per heavy atom. The summed E-state index contributed by atoms with van der Waals surface area (Å²) in [6.07, 6.45) is 3.45. The number of furan rings is 1. The van der Waals surface area contributed by atoms with Crippen molar-refractivity contribution >= 4 is 28.7 Å². The summed E-state index contributed by atoms with van der Waals surface area (Å²) in [6.45, 7) is 2.71. The number of nitrogens with one attached hydrogen (secondary N) is 2. The van der Waals surface area contributed by atoms with E-state index < -0.39 is 11.8 Å². The molecule has 2 aromatic rings. The Hall–Kier alpha value is -2.87. The highest BCUT2D eigenvalue weighted by Crippen LogP contribution is 2.23. The third-order valence-electron chi connectivity index (χ3n) is 5.81. The van der Waals surface area contributed by atoms with Crippen molar-refractivity contribution in [2.24, 2.45) is 5.92 Å². The SMILES string of the molecule is O=C(NCC1CCN(C(=O)c2cc3ccccc3o2)CC1)C(=O)NC[C@H]1CCCO1. The minimum atomic E-state index is -0.622. The second-order valence-corrected chi connectivity index (χ2v) is 7.94. The van der Waals surface area contributed by atoms with Crippen LogP contribution in [0.1, 0.15) is 36.2 Å². The number of carbonyl (C=O) groups excluding carboxylic acids is 3. The second kappa shape index (κ2) is 9.30. The fourth-order valence-electron chi connectivity index (χ4n) is 3.99. The number of carbonyl (C=O) groups is 3. The summed E-state index contributed by atoms with van der Waals surface area (Å²) >= 11 is 0. The summed E-state index contributed by atoms with van der Waals surface area (Å²) in [5.74, 6) is -0.760. The summed E-state index contributed by atoms with van der Waals surface area (Å²) in [5, 5.41) is 6.24. The largest absolute Gasteiger partial charge is 0.451 e. The van der Waals surface area contributed by atoms with Crippen LogP contribution < -0.4 is 10.6 Å². The molecule has 8 nitrogen and oxygen atoms in total. The second-order valence-electron chi connectivity index (χ2n) is 7.94. The number of benzene rings is 1. The van der Waals surface area contributed by atoms with E-state index in [0.717, 1.165) is 31.1 Å². The Morgan fingerprint density at radius 2 is 1.73 bits per heavy atom. The summed E-state index contributed by atoms with van der Waals surface area (Å²) in [4.78, 5) is 38.4. The Morgan fingerprint density at radius 1 is 1.00 bits per heavy atom. The van der Waals surface area contributed by atoms with E-state index in [1.54, 1.807) is 11.0 Å². The van der Waals surface area contributed by atoms with Crippen LogP contribution in [0.5, 0.6) is 0 Å². The molecule has 0 radical (unpaired) electrons. The van der Waals surface area contributed by atoms with Crippen LogP contribution >= 0.6 is 0 Å². The number of likely N-dealkylation sites (tertiary alicyclic amines) is 1. The topological polar surface area (TPSA) is 101 Å². The molecule has 2 aliphatic heterocycles. The van der Waals surface area contributed by atoms with Gasteiger partial charge in [-0.1, -0.05) is 18.2 Å². The average Bonchev–Trinajstić information content (AvgIpc) is 3.45. The van der Waals surface area contributed by atoms with Gasteiger partial charge in [0.25, 0.3) is 5.91 Å². The predicted molar refractivity (Wildman–Crippen MR) is 110 cm³/mol. The number of para-hydroxylation sites is 1. The van der Waals surface area contributed by atoms with Gasteiger partial charge in [-0.2, -0.15) is 0 Å². The molecule has 2 fully saturated rings. The molecule has 1 aromatic carbocycles. The van der Waals surface area contributed by atoms with E-state index in [1.165, 1.54) is 0 Å². The molecule has 160 valence electrons. The van der Waals surface area contributed by atoms with Gasteiger partial charge in [0, 0.05) is 38.2 Å². The number of piperidine rings is 1. The number of hydrogen-bond acceptors (Lipinski definition) is 5. The van der Waals surface area contributed by atoms with Crippen molar-refractivity contribution in [2.45, 2.75) is 31.8 Å². The number of rotatable bonds is 5. The lowest BCUT2D eigenvalue weighted by Gasteiger charge is -2.31. The summed E-state index contributed by atoms with van der Waals surface area (Å²) < 4.78 is 11.1. The summed E-state index contributed by atoms with van der Waals surface area (Å²) in [6, 6.07) is 9.33. The quantitative estimate of drug-likeness (QED) is 0.727. The molecule has 0 aliphatic carbocycles. The van der Waals surface area contributed by atoms with Gasteiger partial charge in [-0.3, -0.25) is 14.4 Å². The molecule has 8 heteroatoms. The van der Waals surface area contributed by atoms with Crippen molar-refractivity contribution in [3.8, 4) is 0 Å². The van der Waals surface area contributed by atoms with Gasteiger partial charge in [0.1, 0.15) is 5.58 Å². The van der Waals surface area contributed by atoms with Gasteiger partial charge in [-0.05, 0) is 43.7 Å². The Balaban J connectivity index is 1.19. The monoisotopic (exact) mass is 413 g/mol.